The normalized spacial score (nSPS) is 41.8. The van der Waals surface area contributed by atoms with E-state index >= 15 is 0 Å². The van der Waals surface area contributed by atoms with E-state index in [0.717, 1.165) is 49.4 Å². The quantitative estimate of drug-likeness (QED) is 0.378. The number of hydrogen-bond donors (Lipinski definition) is 1. The highest BCUT2D eigenvalue weighted by Crippen LogP contribution is 2.67. The summed E-state index contributed by atoms with van der Waals surface area (Å²) < 4.78 is 0. The number of amides is 1. The van der Waals surface area contributed by atoms with Gasteiger partial charge in [-0.25, -0.2) is 5.06 Å². The van der Waals surface area contributed by atoms with Crippen molar-refractivity contribution in [1.82, 2.24) is 5.06 Å². The number of carbonyl (C=O) groups excluding carboxylic acids is 1. The summed E-state index contributed by atoms with van der Waals surface area (Å²) in [4.78, 5) is 17.9. The van der Waals surface area contributed by atoms with E-state index in [1.165, 1.54) is 38.5 Å². The van der Waals surface area contributed by atoms with Crippen LogP contribution < -0.4 is 0 Å². The van der Waals surface area contributed by atoms with Crippen molar-refractivity contribution in [2.45, 2.75) is 104 Å². The van der Waals surface area contributed by atoms with Crippen molar-refractivity contribution in [2.24, 2.45) is 40.4 Å². The lowest BCUT2D eigenvalue weighted by Gasteiger charge is -2.58. The van der Waals surface area contributed by atoms with Crippen molar-refractivity contribution in [3.8, 4) is 0 Å². The van der Waals surface area contributed by atoms with Gasteiger partial charge in [0.2, 0.25) is 5.91 Å². The predicted molar refractivity (Wildman–Crippen MR) is 129 cm³/mol. The molecule has 0 unspecified atom stereocenters. The molecular weight excluding hydrogens is 398 g/mol. The molecule has 3 fully saturated rings. The Morgan fingerprint density at radius 1 is 1.22 bits per heavy atom. The molecular formula is C28H47NO3. The second kappa shape index (κ2) is 9.41. The van der Waals surface area contributed by atoms with Gasteiger partial charge in [-0.2, -0.15) is 0 Å². The van der Waals surface area contributed by atoms with Crippen LogP contribution in [-0.2, 0) is 9.63 Å². The number of aliphatic hydroxyl groups excluding tert-OH is 1. The molecule has 3 saturated carbocycles. The summed E-state index contributed by atoms with van der Waals surface area (Å²) in [5.74, 6) is 3.89. The molecule has 0 heterocycles. The van der Waals surface area contributed by atoms with E-state index in [9.17, 15) is 9.90 Å². The molecule has 4 aliphatic carbocycles. The first-order valence-corrected chi connectivity index (χ1v) is 13.5. The van der Waals surface area contributed by atoms with Crippen molar-refractivity contribution in [3.63, 3.8) is 0 Å². The fraction of sp³-hybridized carbons (Fsp3) is 0.893. The number of allylic oxidation sites excluding steroid dienone is 1. The molecule has 0 saturated heterocycles. The molecule has 0 bridgehead atoms. The number of aliphatic hydroxyl groups is 1. The Morgan fingerprint density at radius 3 is 2.72 bits per heavy atom. The van der Waals surface area contributed by atoms with Crippen LogP contribution in [0.25, 0.3) is 0 Å². The van der Waals surface area contributed by atoms with E-state index in [1.807, 2.05) is 0 Å². The summed E-state index contributed by atoms with van der Waals surface area (Å²) in [5.41, 5.74) is 2.31. The first-order chi connectivity index (χ1) is 15.2. The molecule has 0 radical (unpaired) electrons. The lowest BCUT2D eigenvalue weighted by Crippen LogP contribution is -2.50. The van der Waals surface area contributed by atoms with Gasteiger partial charge in [-0.15, -0.1) is 0 Å². The summed E-state index contributed by atoms with van der Waals surface area (Å²) in [6, 6.07) is 0. The molecule has 182 valence electrons. The van der Waals surface area contributed by atoms with Crippen LogP contribution in [0.1, 0.15) is 98.3 Å². The Bertz CT molecular complexity index is 719. The first-order valence-electron chi connectivity index (χ1n) is 13.5. The maximum atomic E-state index is 12.6. The van der Waals surface area contributed by atoms with E-state index in [4.69, 9.17) is 4.84 Å². The van der Waals surface area contributed by atoms with E-state index in [2.05, 4.69) is 33.8 Å². The summed E-state index contributed by atoms with van der Waals surface area (Å²) in [6.07, 6.45) is 14.6. The number of hydrogen-bond acceptors (Lipinski definition) is 3. The Morgan fingerprint density at radius 2 is 2.00 bits per heavy atom. The van der Waals surface area contributed by atoms with Crippen molar-refractivity contribution in [2.75, 3.05) is 13.7 Å². The van der Waals surface area contributed by atoms with Crippen LogP contribution in [0.15, 0.2) is 11.6 Å². The van der Waals surface area contributed by atoms with Crippen molar-refractivity contribution in [1.29, 1.82) is 0 Å². The Labute approximate surface area is 196 Å². The molecule has 0 aromatic carbocycles. The Balaban J connectivity index is 1.43. The molecule has 0 aromatic heterocycles. The van der Waals surface area contributed by atoms with Crippen LogP contribution in [0.3, 0.4) is 0 Å². The number of carbonyl (C=O) groups is 1. The van der Waals surface area contributed by atoms with Gasteiger partial charge in [0, 0.05) is 13.0 Å². The molecule has 0 aromatic rings. The monoisotopic (exact) mass is 445 g/mol. The van der Waals surface area contributed by atoms with Gasteiger partial charge in [-0.3, -0.25) is 9.63 Å². The highest BCUT2D eigenvalue weighted by Gasteiger charge is 2.59. The van der Waals surface area contributed by atoms with Crippen molar-refractivity contribution >= 4 is 5.91 Å². The third kappa shape index (κ3) is 4.08. The molecule has 8 atom stereocenters. The first kappa shape index (κ1) is 24.3. The standard InChI is InChI=1S/C28H47NO3/c1-6-17-29(32-5)26(31)12-7-19(2)23-10-11-24-22-9-8-20-18-21(30)13-15-27(20,3)25(22)14-16-28(23,24)4/h8,19,21-25,30H,6-7,9-18H2,1-5H3/t19-,21+,22+,23-,24+,25+,27+,28-/m1/s1. The van der Waals surface area contributed by atoms with Gasteiger partial charge in [0.15, 0.2) is 0 Å². The molecule has 4 heteroatoms. The lowest BCUT2D eigenvalue weighted by molar-refractivity contribution is -0.176. The summed E-state index contributed by atoms with van der Waals surface area (Å²) >= 11 is 0. The molecule has 32 heavy (non-hydrogen) atoms. The lowest BCUT2D eigenvalue weighted by atomic mass is 9.47. The van der Waals surface area contributed by atoms with Crippen LogP contribution in [-0.4, -0.2) is 35.8 Å². The molecule has 0 spiro atoms. The van der Waals surface area contributed by atoms with Gasteiger partial charge in [0.1, 0.15) is 0 Å². The molecule has 4 aliphatic rings. The number of nitrogens with zero attached hydrogens (tertiary/aromatic N) is 1. The maximum absolute atomic E-state index is 12.6. The fourth-order valence-electron chi connectivity index (χ4n) is 8.81. The van der Waals surface area contributed by atoms with E-state index in [0.29, 0.717) is 29.7 Å². The zero-order chi connectivity index (χ0) is 23.1. The maximum Gasteiger partial charge on any atom is 0.246 e. The summed E-state index contributed by atoms with van der Waals surface area (Å²) in [7, 11) is 1.61. The average molecular weight is 446 g/mol. The van der Waals surface area contributed by atoms with Gasteiger partial charge in [0.05, 0.1) is 13.2 Å². The summed E-state index contributed by atoms with van der Waals surface area (Å²) in [5, 5.41) is 11.8. The molecule has 1 N–H and O–H groups in total. The Kier molecular flexibility index (Phi) is 7.13. The van der Waals surface area contributed by atoms with Crippen LogP contribution in [0, 0.1) is 40.4 Å². The zero-order valence-corrected chi connectivity index (χ0v) is 21.2. The third-order valence-electron chi connectivity index (χ3n) is 10.6. The highest BCUT2D eigenvalue weighted by atomic mass is 16.7. The molecule has 4 rings (SSSR count). The van der Waals surface area contributed by atoms with Crippen LogP contribution in [0.4, 0.5) is 0 Å². The van der Waals surface area contributed by atoms with Gasteiger partial charge in [-0.1, -0.05) is 39.3 Å². The minimum absolute atomic E-state index is 0.120. The fourth-order valence-corrected chi connectivity index (χ4v) is 8.81. The highest BCUT2D eigenvalue weighted by molar-refractivity contribution is 5.75. The smallest absolute Gasteiger partial charge is 0.246 e. The van der Waals surface area contributed by atoms with E-state index in [-0.39, 0.29) is 12.0 Å². The van der Waals surface area contributed by atoms with Crippen LogP contribution in [0.5, 0.6) is 0 Å². The Hall–Kier alpha value is -0.870. The molecule has 1 amide bonds. The number of hydroxylamine groups is 2. The third-order valence-corrected chi connectivity index (χ3v) is 10.6. The van der Waals surface area contributed by atoms with Gasteiger partial charge < -0.3 is 5.11 Å². The second-order valence-corrected chi connectivity index (χ2v) is 12.1. The van der Waals surface area contributed by atoms with E-state index in [1.54, 1.807) is 17.7 Å². The number of rotatable bonds is 7. The predicted octanol–water partition coefficient (Wildman–Crippen LogP) is 6.14. The minimum Gasteiger partial charge on any atom is -0.393 e. The average Bonchev–Trinajstić information content (AvgIpc) is 3.13. The largest absolute Gasteiger partial charge is 0.393 e. The topological polar surface area (TPSA) is 49.8 Å². The van der Waals surface area contributed by atoms with Gasteiger partial charge in [0.25, 0.3) is 0 Å². The molecule has 4 nitrogen and oxygen atoms in total. The SMILES string of the molecule is CCCN(OC)C(=O)CC[C@@H](C)[C@H]1CC[C@H]2[C@@H]3CC=C4C[C@@H](O)CC[C@]4(C)[C@H]3CC[C@]12C. The van der Waals surface area contributed by atoms with Crippen molar-refractivity contribution in [3.05, 3.63) is 11.6 Å². The number of fused-ring (bicyclic) bond motifs is 5. The van der Waals surface area contributed by atoms with Crippen molar-refractivity contribution < 1.29 is 14.7 Å². The van der Waals surface area contributed by atoms with E-state index < -0.39 is 0 Å². The summed E-state index contributed by atoms with van der Waals surface area (Å²) in [6.45, 7) is 10.3. The zero-order valence-electron chi connectivity index (χ0n) is 21.2. The van der Waals surface area contributed by atoms with Gasteiger partial charge >= 0.3 is 0 Å². The van der Waals surface area contributed by atoms with Crippen LogP contribution >= 0.6 is 0 Å². The second-order valence-electron chi connectivity index (χ2n) is 12.1. The minimum atomic E-state index is -0.120. The van der Waals surface area contributed by atoms with Crippen LogP contribution in [0.2, 0.25) is 0 Å². The molecule has 0 aliphatic heterocycles. The van der Waals surface area contributed by atoms with Gasteiger partial charge in [-0.05, 0) is 105 Å².